The molecular formula is C22H33N3O2+2. The summed E-state index contributed by atoms with van der Waals surface area (Å²) < 4.78 is 5.69. The summed E-state index contributed by atoms with van der Waals surface area (Å²) >= 11 is 0. The first-order valence-electron chi connectivity index (χ1n) is 10.3. The molecule has 1 amide bonds. The molecule has 5 nitrogen and oxygen atoms in total. The zero-order chi connectivity index (χ0) is 18.7. The fourth-order valence-corrected chi connectivity index (χ4v) is 3.95. The van der Waals surface area contributed by atoms with Crippen molar-refractivity contribution in [1.82, 2.24) is 5.32 Å². The van der Waals surface area contributed by atoms with Gasteiger partial charge in [0.25, 0.3) is 5.91 Å². The van der Waals surface area contributed by atoms with Gasteiger partial charge in [-0.25, -0.2) is 0 Å². The van der Waals surface area contributed by atoms with Crippen LogP contribution in [-0.4, -0.2) is 38.6 Å². The van der Waals surface area contributed by atoms with E-state index in [0.717, 1.165) is 31.7 Å². The van der Waals surface area contributed by atoms with E-state index in [1.165, 1.54) is 37.9 Å². The second kappa shape index (κ2) is 10.9. The monoisotopic (exact) mass is 371 g/mol. The van der Waals surface area contributed by atoms with Crippen molar-refractivity contribution >= 4 is 5.91 Å². The van der Waals surface area contributed by atoms with Crippen LogP contribution in [0.15, 0.2) is 53.1 Å². The molecule has 0 radical (unpaired) electrons. The summed E-state index contributed by atoms with van der Waals surface area (Å²) in [5.41, 5.74) is 1.32. The predicted octanol–water partition coefficient (Wildman–Crippen LogP) is 0.702. The van der Waals surface area contributed by atoms with Crippen molar-refractivity contribution in [2.45, 2.75) is 38.1 Å². The van der Waals surface area contributed by atoms with Gasteiger partial charge in [-0.2, -0.15) is 0 Å². The third kappa shape index (κ3) is 6.52. The number of carbonyl (C=O) groups is 1. The first kappa shape index (κ1) is 19.6. The standard InChI is InChI=1S/C22H31N3O2/c26-22(24-13-7-11-19-9-3-1-4-10-19)18-23-17-20(21-12-8-16-27-21)25-14-5-2-6-15-25/h1,3-4,8-10,12,16,20,23H,2,5-7,11,13-15,17-18H2,(H,24,26)/p+2/t20-/m1/s1. The van der Waals surface area contributed by atoms with E-state index in [9.17, 15) is 4.79 Å². The minimum absolute atomic E-state index is 0.120. The predicted molar refractivity (Wildman–Crippen MR) is 105 cm³/mol. The van der Waals surface area contributed by atoms with Crippen LogP contribution in [0.3, 0.4) is 0 Å². The summed E-state index contributed by atoms with van der Waals surface area (Å²) in [6.07, 6.45) is 7.64. The molecule has 0 bridgehead atoms. The molecule has 4 N–H and O–H groups in total. The van der Waals surface area contributed by atoms with Crippen molar-refractivity contribution in [2.24, 2.45) is 0 Å². The SMILES string of the molecule is O=C(C[NH2+]C[C@H](c1ccco1)[NH+]1CCCCC1)NCCCc1ccccc1. The van der Waals surface area contributed by atoms with Crippen molar-refractivity contribution in [2.75, 3.05) is 32.7 Å². The highest BCUT2D eigenvalue weighted by Gasteiger charge is 2.29. The molecule has 0 spiro atoms. The molecule has 1 saturated heterocycles. The van der Waals surface area contributed by atoms with Gasteiger partial charge >= 0.3 is 0 Å². The maximum Gasteiger partial charge on any atom is 0.275 e. The molecule has 3 rings (SSSR count). The Kier molecular flexibility index (Phi) is 7.93. The number of hydrogen-bond donors (Lipinski definition) is 3. The first-order valence-corrected chi connectivity index (χ1v) is 10.3. The zero-order valence-corrected chi connectivity index (χ0v) is 16.2. The lowest BCUT2D eigenvalue weighted by molar-refractivity contribution is -0.949. The van der Waals surface area contributed by atoms with Crippen LogP contribution in [0.25, 0.3) is 0 Å². The second-order valence-corrected chi connectivity index (χ2v) is 7.45. The fourth-order valence-electron chi connectivity index (χ4n) is 3.95. The Hall–Kier alpha value is -2.11. The Bertz CT molecular complexity index is 651. The normalized spacial score (nSPS) is 16.1. The molecule has 1 atom stereocenters. The van der Waals surface area contributed by atoms with Crippen LogP contribution in [-0.2, 0) is 11.2 Å². The highest BCUT2D eigenvalue weighted by atomic mass is 16.3. The van der Waals surface area contributed by atoms with Gasteiger partial charge in [-0.05, 0) is 49.8 Å². The number of hydrogen-bond acceptors (Lipinski definition) is 2. The molecule has 1 aromatic heterocycles. The lowest BCUT2D eigenvalue weighted by Gasteiger charge is -2.29. The molecule has 1 fully saturated rings. The van der Waals surface area contributed by atoms with Crippen LogP contribution in [0.1, 0.15) is 43.0 Å². The largest absolute Gasteiger partial charge is 0.463 e. The average Bonchev–Trinajstić information content (AvgIpc) is 3.24. The molecule has 5 heteroatoms. The van der Waals surface area contributed by atoms with E-state index in [0.29, 0.717) is 12.6 Å². The summed E-state index contributed by atoms with van der Waals surface area (Å²) in [5, 5.41) is 5.17. The van der Waals surface area contributed by atoms with Crippen molar-refractivity contribution in [3.05, 3.63) is 60.1 Å². The number of quaternary nitrogens is 2. The summed E-state index contributed by atoms with van der Waals surface area (Å²) in [7, 11) is 0. The molecule has 0 saturated carbocycles. The third-order valence-electron chi connectivity index (χ3n) is 5.41. The van der Waals surface area contributed by atoms with Crippen molar-refractivity contribution in [1.29, 1.82) is 0 Å². The van der Waals surface area contributed by atoms with E-state index in [4.69, 9.17) is 4.42 Å². The van der Waals surface area contributed by atoms with Gasteiger partial charge in [0.05, 0.1) is 19.4 Å². The van der Waals surface area contributed by atoms with Gasteiger partial charge in [-0.1, -0.05) is 30.3 Å². The Morgan fingerprint density at radius 3 is 2.67 bits per heavy atom. The van der Waals surface area contributed by atoms with Crippen LogP contribution in [0.2, 0.25) is 0 Å². The quantitative estimate of drug-likeness (QED) is 0.539. The van der Waals surface area contributed by atoms with Gasteiger partial charge in [-0.15, -0.1) is 0 Å². The van der Waals surface area contributed by atoms with Gasteiger partial charge in [0.15, 0.2) is 18.3 Å². The first-order chi connectivity index (χ1) is 13.3. The zero-order valence-electron chi connectivity index (χ0n) is 16.2. The summed E-state index contributed by atoms with van der Waals surface area (Å²) in [5.74, 6) is 1.17. The number of benzene rings is 1. The second-order valence-electron chi connectivity index (χ2n) is 7.45. The third-order valence-corrected chi connectivity index (χ3v) is 5.41. The molecular weight excluding hydrogens is 338 g/mol. The molecule has 27 heavy (non-hydrogen) atoms. The molecule has 1 aromatic carbocycles. The number of piperidine rings is 1. The number of rotatable bonds is 10. The van der Waals surface area contributed by atoms with Crippen molar-refractivity contribution in [3.8, 4) is 0 Å². The Morgan fingerprint density at radius 1 is 1.11 bits per heavy atom. The van der Waals surface area contributed by atoms with Crippen molar-refractivity contribution < 1.29 is 19.4 Å². The lowest BCUT2D eigenvalue weighted by atomic mass is 10.1. The van der Waals surface area contributed by atoms with E-state index in [1.807, 2.05) is 12.1 Å². The van der Waals surface area contributed by atoms with Gasteiger partial charge < -0.3 is 20.0 Å². The molecule has 146 valence electrons. The number of aryl methyl sites for hydroxylation is 1. The lowest BCUT2D eigenvalue weighted by Crippen LogP contribution is -3.15. The van der Waals surface area contributed by atoms with Gasteiger partial charge in [-0.3, -0.25) is 4.79 Å². The number of furan rings is 1. The smallest absolute Gasteiger partial charge is 0.275 e. The van der Waals surface area contributed by atoms with Crippen LogP contribution in [0, 0.1) is 0 Å². The van der Waals surface area contributed by atoms with E-state index in [-0.39, 0.29) is 5.91 Å². The molecule has 2 aromatic rings. The molecule has 2 heterocycles. The number of amides is 1. The molecule has 1 aliphatic rings. The van der Waals surface area contributed by atoms with Gasteiger partial charge in [0.1, 0.15) is 6.54 Å². The fraction of sp³-hybridized carbons (Fsp3) is 0.500. The van der Waals surface area contributed by atoms with Crippen LogP contribution >= 0.6 is 0 Å². The van der Waals surface area contributed by atoms with Crippen LogP contribution < -0.4 is 15.5 Å². The minimum Gasteiger partial charge on any atom is -0.463 e. The van der Waals surface area contributed by atoms with E-state index in [1.54, 1.807) is 11.2 Å². The minimum atomic E-state index is 0.120. The summed E-state index contributed by atoms with van der Waals surface area (Å²) in [4.78, 5) is 13.7. The molecule has 0 unspecified atom stereocenters. The maximum absolute atomic E-state index is 12.1. The van der Waals surface area contributed by atoms with Crippen LogP contribution in [0.5, 0.6) is 0 Å². The Labute approximate surface area is 162 Å². The number of carbonyl (C=O) groups excluding carboxylic acids is 1. The maximum atomic E-state index is 12.1. The number of nitrogens with two attached hydrogens (primary N) is 1. The summed E-state index contributed by atoms with van der Waals surface area (Å²) in [6, 6.07) is 14.8. The summed E-state index contributed by atoms with van der Waals surface area (Å²) in [6.45, 7) is 4.51. The van der Waals surface area contributed by atoms with Gasteiger partial charge in [0, 0.05) is 6.54 Å². The van der Waals surface area contributed by atoms with E-state index in [2.05, 4.69) is 41.0 Å². The molecule has 1 aliphatic heterocycles. The Balaban J connectivity index is 1.35. The number of nitrogens with one attached hydrogen (secondary N) is 2. The highest BCUT2D eigenvalue weighted by molar-refractivity contribution is 5.76. The number of likely N-dealkylation sites (tertiary alicyclic amines) is 1. The van der Waals surface area contributed by atoms with Gasteiger partial charge in [0.2, 0.25) is 0 Å². The topological polar surface area (TPSA) is 63.3 Å². The van der Waals surface area contributed by atoms with E-state index < -0.39 is 0 Å². The average molecular weight is 372 g/mol. The molecule has 0 aliphatic carbocycles. The Morgan fingerprint density at radius 2 is 1.93 bits per heavy atom. The van der Waals surface area contributed by atoms with E-state index >= 15 is 0 Å². The van der Waals surface area contributed by atoms with Crippen LogP contribution in [0.4, 0.5) is 0 Å². The highest BCUT2D eigenvalue weighted by Crippen LogP contribution is 2.10. The van der Waals surface area contributed by atoms with Crippen molar-refractivity contribution in [3.63, 3.8) is 0 Å².